The first-order valence-corrected chi connectivity index (χ1v) is 7.83. The van der Waals surface area contributed by atoms with Gasteiger partial charge in [-0.05, 0) is 11.5 Å². The summed E-state index contributed by atoms with van der Waals surface area (Å²) in [4.78, 5) is 36.3. The Morgan fingerprint density at radius 3 is 2.67 bits per heavy atom. The number of carbonyl (C=O) groups is 3. The number of carboxylic acids is 1. The molecule has 1 aliphatic rings. The average molecular weight is 326 g/mol. The molecule has 24 heavy (non-hydrogen) atoms. The van der Waals surface area contributed by atoms with Crippen molar-refractivity contribution in [2.24, 2.45) is 5.92 Å². The van der Waals surface area contributed by atoms with E-state index in [0.29, 0.717) is 0 Å². The van der Waals surface area contributed by atoms with Gasteiger partial charge in [0.25, 0.3) is 0 Å². The molecular weight excluding hydrogens is 308 g/mol. The van der Waals surface area contributed by atoms with Crippen LogP contribution in [-0.4, -0.2) is 40.9 Å². The van der Waals surface area contributed by atoms with Gasteiger partial charge in [0.05, 0.1) is 5.92 Å². The summed E-state index contributed by atoms with van der Waals surface area (Å²) in [7, 11) is 0. The zero-order chi connectivity index (χ0) is 17.1. The maximum absolute atomic E-state index is 12.2. The summed E-state index contributed by atoms with van der Waals surface area (Å²) in [6.45, 7) is 0.412. The number of amides is 2. The third-order valence-electron chi connectivity index (χ3n) is 4.24. The maximum atomic E-state index is 12.2. The zero-order valence-electron chi connectivity index (χ0n) is 13.1. The highest BCUT2D eigenvalue weighted by Crippen LogP contribution is 2.23. The number of rotatable bonds is 5. The van der Waals surface area contributed by atoms with Crippen molar-refractivity contribution in [3.05, 3.63) is 42.5 Å². The molecule has 0 radical (unpaired) electrons. The van der Waals surface area contributed by atoms with Crippen molar-refractivity contribution in [1.82, 2.24) is 4.90 Å². The Labute approximate surface area is 139 Å². The van der Waals surface area contributed by atoms with E-state index in [4.69, 9.17) is 5.11 Å². The van der Waals surface area contributed by atoms with Gasteiger partial charge in [-0.3, -0.25) is 14.4 Å². The molecule has 0 bridgehead atoms. The van der Waals surface area contributed by atoms with E-state index >= 15 is 0 Å². The maximum Gasteiger partial charge on any atom is 0.308 e. The highest BCUT2D eigenvalue weighted by atomic mass is 16.4. The van der Waals surface area contributed by atoms with Crippen molar-refractivity contribution >= 4 is 34.2 Å². The molecule has 6 heteroatoms. The van der Waals surface area contributed by atoms with Crippen LogP contribution in [0, 0.1) is 5.92 Å². The fourth-order valence-corrected chi connectivity index (χ4v) is 2.94. The van der Waals surface area contributed by atoms with Gasteiger partial charge in [0, 0.05) is 37.0 Å². The predicted molar refractivity (Wildman–Crippen MR) is 89.5 cm³/mol. The molecule has 0 unspecified atom stereocenters. The molecule has 0 aromatic heterocycles. The Bertz CT molecular complexity index is 797. The summed E-state index contributed by atoms with van der Waals surface area (Å²) < 4.78 is 0. The number of nitrogens with one attached hydrogen (secondary N) is 1. The van der Waals surface area contributed by atoms with Gasteiger partial charge in [0.1, 0.15) is 0 Å². The van der Waals surface area contributed by atoms with E-state index in [1.165, 1.54) is 4.90 Å². The van der Waals surface area contributed by atoms with Crippen molar-refractivity contribution < 1.29 is 19.5 Å². The molecule has 1 atom stereocenters. The quantitative estimate of drug-likeness (QED) is 0.881. The molecule has 2 aromatic carbocycles. The Morgan fingerprint density at radius 1 is 1.17 bits per heavy atom. The highest BCUT2D eigenvalue weighted by Gasteiger charge is 2.34. The smallest absolute Gasteiger partial charge is 0.308 e. The Morgan fingerprint density at radius 2 is 1.92 bits per heavy atom. The van der Waals surface area contributed by atoms with E-state index < -0.39 is 11.9 Å². The largest absolute Gasteiger partial charge is 0.481 e. The summed E-state index contributed by atoms with van der Waals surface area (Å²) in [5.74, 6) is -2.04. The molecule has 3 rings (SSSR count). The first-order valence-electron chi connectivity index (χ1n) is 7.83. The van der Waals surface area contributed by atoms with Crippen LogP contribution in [0.2, 0.25) is 0 Å². The molecule has 2 aromatic rings. The van der Waals surface area contributed by atoms with Crippen LogP contribution in [0.15, 0.2) is 42.5 Å². The number of benzene rings is 2. The number of carboxylic acid groups (broad SMARTS) is 1. The van der Waals surface area contributed by atoms with E-state index in [1.807, 2.05) is 42.5 Å². The van der Waals surface area contributed by atoms with Gasteiger partial charge in [-0.2, -0.15) is 0 Å². The topological polar surface area (TPSA) is 86.7 Å². The van der Waals surface area contributed by atoms with Gasteiger partial charge in [0.15, 0.2) is 0 Å². The number of fused-ring (bicyclic) bond motifs is 1. The Balaban J connectivity index is 1.60. The highest BCUT2D eigenvalue weighted by molar-refractivity contribution is 6.02. The molecule has 1 heterocycles. The monoisotopic (exact) mass is 326 g/mol. The molecule has 0 aliphatic carbocycles. The minimum atomic E-state index is -0.967. The molecular formula is C18H18N2O4. The molecule has 2 amide bonds. The summed E-state index contributed by atoms with van der Waals surface area (Å²) >= 11 is 0. The molecule has 1 aliphatic heterocycles. The second-order valence-corrected chi connectivity index (χ2v) is 5.90. The number of hydrogen-bond acceptors (Lipinski definition) is 3. The van der Waals surface area contributed by atoms with Crippen LogP contribution in [-0.2, 0) is 14.4 Å². The number of aliphatic carboxylic acids is 1. The second-order valence-electron chi connectivity index (χ2n) is 5.90. The fourth-order valence-electron chi connectivity index (χ4n) is 2.94. The van der Waals surface area contributed by atoms with Gasteiger partial charge < -0.3 is 15.3 Å². The molecule has 0 saturated carbocycles. The Kier molecular flexibility index (Phi) is 4.46. The predicted octanol–water partition coefficient (Wildman–Crippen LogP) is 2.10. The van der Waals surface area contributed by atoms with Crippen molar-refractivity contribution in [3.63, 3.8) is 0 Å². The van der Waals surface area contributed by atoms with Gasteiger partial charge >= 0.3 is 5.97 Å². The van der Waals surface area contributed by atoms with Crippen LogP contribution in [0.4, 0.5) is 5.69 Å². The third kappa shape index (κ3) is 3.37. The minimum Gasteiger partial charge on any atom is -0.481 e. The SMILES string of the molecule is O=C(CCN1C[C@@H](C(=O)O)CC1=O)Nc1cccc2ccccc12. The summed E-state index contributed by atoms with van der Waals surface area (Å²) in [6.07, 6.45) is 0.154. The molecule has 6 nitrogen and oxygen atoms in total. The van der Waals surface area contributed by atoms with Gasteiger partial charge in [-0.25, -0.2) is 0 Å². The van der Waals surface area contributed by atoms with E-state index in [-0.39, 0.29) is 37.7 Å². The lowest BCUT2D eigenvalue weighted by Crippen LogP contribution is -2.30. The van der Waals surface area contributed by atoms with E-state index in [2.05, 4.69) is 5.32 Å². The minimum absolute atomic E-state index is 0.0142. The number of likely N-dealkylation sites (tertiary alicyclic amines) is 1. The van der Waals surface area contributed by atoms with Crippen LogP contribution < -0.4 is 5.32 Å². The van der Waals surface area contributed by atoms with Crippen LogP contribution >= 0.6 is 0 Å². The Hall–Kier alpha value is -2.89. The first kappa shape index (κ1) is 16.0. The normalized spacial score (nSPS) is 17.2. The fraction of sp³-hybridized carbons (Fsp3) is 0.278. The summed E-state index contributed by atoms with van der Waals surface area (Å²) in [6, 6.07) is 13.4. The van der Waals surface area contributed by atoms with Crippen molar-refractivity contribution in [2.75, 3.05) is 18.4 Å². The van der Waals surface area contributed by atoms with E-state index in [0.717, 1.165) is 16.5 Å². The van der Waals surface area contributed by atoms with Gasteiger partial charge in [-0.15, -0.1) is 0 Å². The molecule has 1 saturated heterocycles. The van der Waals surface area contributed by atoms with Crippen LogP contribution in [0.25, 0.3) is 10.8 Å². The molecule has 1 fully saturated rings. The van der Waals surface area contributed by atoms with E-state index in [9.17, 15) is 14.4 Å². The van der Waals surface area contributed by atoms with E-state index in [1.54, 1.807) is 0 Å². The number of carbonyl (C=O) groups excluding carboxylic acids is 2. The lowest BCUT2D eigenvalue weighted by Gasteiger charge is -2.16. The van der Waals surface area contributed by atoms with Crippen molar-refractivity contribution in [3.8, 4) is 0 Å². The number of anilines is 1. The molecule has 124 valence electrons. The van der Waals surface area contributed by atoms with Crippen molar-refractivity contribution in [1.29, 1.82) is 0 Å². The summed E-state index contributed by atoms with van der Waals surface area (Å²) in [5.41, 5.74) is 0.731. The summed E-state index contributed by atoms with van der Waals surface area (Å²) in [5, 5.41) is 13.8. The lowest BCUT2D eigenvalue weighted by atomic mass is 10.1. The lowest BCUT2D eigenvalue weighted by molar-refractivity contribution is -0.141. The molecule has 2 N–H and O–H groups in total. The average Bonchev–Trinajstić information content (AvgIpc) is 2.95. The second kappa shape index (κ2) is 6.70. The third-order valence-corrected chi connectivity index (χ3v) is 4.24. The number of hydrogen-bond donors (Lipinski definition) is 2. The molecule has 0 spiro atoms. The standard InChI is InChI=1S/C18H18N2O4/c21-16(8-9-20-11-13(18(23)24)10-17(20)22)19-15-7-3-5-12-4-1-2-6-14(12)15/h1-7,13H,8-11H2,(H,19,21)(H,23,24)/t13-/m0/s1. The van der Waals surface area contributed by atoms with Crippen LogP contribution in [0.1, 0.15) is 12.8 Å². The number of nitrogens with zero attached hydrogens (tertiary/aromatic N) is 1. The first-order chi connectivity index (χ1) is 11.5. The van der Waals surface area contributed by atoms with Crippen LogP contribution in [0.5, 0.6) is 0 Å². The van der Waals surface area contributed by atoms with Gasteiger partial charge in [-0.1, -0.05) is 36.4 Å². The zero-order valence-corrected chi connectivity index (χ0v) is 13.1. The van der Waals surface area contributed by atoms with Crippen LogP contribution in [0.3, 0.4) is 0 Å². The van der Waals surface area contributed by atoms with Gasteiger partial charge in [0.2, 0.25) is 11.8 Å². The van der Waals surface area contributed by atoms with Crippen molar-refractivity contribution in [2.45, 2.75) is 12.8 Å².